The van der Waals surface area contributed by atoms with Gasteiger partial charge in [-0.05, 0) is 63.3 Å². The summed E-state index contributed by atoms with van der Waals surface area (Å²) < 4.78 is 0. The average Bonchev–Trinajstić information content (AvgIpc) is 3.40. The van der Waals surface area contributed by atoms with Crippen LogP contribution in [0.1, 0.15) is 51.0 Å². The Bertz CT molecular complexity index is 714. The predicted molar refractivity (Wildman–Crippen MR) is 107 cm³/mol. The fraction of sp³-hybridized carbons (Fsp3) is 0.619. The van der Waals surface area contributed by atoms with E-state index in [1.807, 2.05) is 25.1 Å². The van der Waals surface area contributed by atoms with Gasteiger partial charge in [0.2, 0.25) is 5.91 Å². The summed E-state index contributed by atoms with van der Waals surface area (Å²) in [6, 6.07) is 6.45. The highest BCUT2D eigenvalue weighted by Crippen LogP contribution is 2.33. The highest BCUT2D eigenvalue weighted by atomic mass is 16.2. The van der Waals surface area contributed by atoms with Gasteiger partial charge in [0.05, 0.1) is 11.7 Å². The topological polar surface area (TPSA) is 64.7 Å². The van der Waals surface area contributed by atoms with Crippen LogP contribution in [0, 0.1) is 0 Å². The van der Waals surface area contributed by atoms with E-state index in [-0.39, 0.29) is 18.0 Å². The molecular formula is C21H30N4O2. The first-order valence-corrected chi connectivity index (χ1v) is 10.4. The lowest BCUT2D eigenvalue weighted by Crippen LogP contribution is -2.44. The van der Waals surface area contributed by atoms with Gasteiger partial charge in [-0.3, -0.25) is 14.6 Å². The van der Waals surface area contributed by atoms with Gasteiger partial charge in [-0.2, -0.15) is 0 Å². The Morgan fingerprint density at radius 2 is 1.93 bits per heavy atom. The fourth-order valence-electron chi connectivity index (χ4n) is 4.88. The van der Waals surface area contributed by atoms with Crippen molar-refractivity contribution in [1.82, 2.24) is 10.2 Å². The first-order valence-electron chi connectivity index (χ1n) is 10.4. The Morgan fingerprint density at radius 3 is 2.70 bits per heavy atom. The van der Waals surface area contributed by atoms with Crippen LogP contribution in [0.5, 0.6) is 0 Å². The van der Waals surface area contributed by atoms with Gasteiger partial charge in [0.15, 0.2) is 0 Å². The predicted octanol–water partition coefficient (Wildman–Crippen LogP) is 3.12. The zero-order valence-electron chi connectivity index (χ0n) is 16.2. The maximum absolute atomic E-state index is 13.0. The molecule has 6 heteroatoms. The summed E-state index contributed by atoms with van der Waals surface area (Å²) in [5.41, 5.74) is 2.86. The second-order valence-corrected chi connectivity index (χ2v) is 7.90. The van der Waals surface area contributed by atoms with Gasteiger partial charge in [0.1, 0.15) is 0 Å². The maximum atomic E-state index is 13.0. The van der Waals surface area contributed by atoms with Crippen LogP contribution >= 0.6 is 0 Å². The monoisotopic (exact) mass is 370 g/mol. The Morgan fingerprint density at radius 1 is 1.11 bits per heavy atom. The molecule has 1 aromatic carbocycles. The number of amides is 3. The van der Waals surface area contributed by atoms with Crippen LogP contribution in [0.15, 0.2) is 18.2 Å². The molecule has 27 heavy (non-hydrogen) atoms. The first kappa shape index (κ1) is 18.3. The minimum Gasteiger partial charge on any atom is -0.338 e. The number of carbonyl (C=O) groups is 2. The van der Waals surface area contributed by atoms with Crippen LogP contribution in [0.4, 0.5) is 16.2 Å². The van der Waals surface area contributed by atoms with E-state index in [0.717, 1.165) is 42.7 Å². The van der Waals surface area contributed by atoms with Crippen LogP contribution in [0.3, 0.4) is 0 Å². The third-order valence-corrected chi connectivity index (χ3v) is 6.21. The lowest BCUT2D eigenvalue weighted by molar-refractivity contribution is -0.121. The van der Waals surface area contributed by atoms with Gasteiger partial charge in [-0.15, -0.1) is 0 Å². The molecule has 1 saturated carbocycles. The molecule has 0 bridgehead atoms. The molecule has 4 rings (SSSR count). The van der Waals surface area contributed by atoms with E-state index in [2.05, 4.69) is 15.5 Å². The van der Waals surface area contributed by atoms with Gasteiger partial charge in [-0.1, -0.05) is 18.9 Å². The molecule has 0 radical (unpaired) electrons. The van der Waals surface area contributed by atoms with Gasteiger partial charge in [0, 0.05) is 24.8 Å². The third kappa shape index (κ3) is 3.68. The zero-order valence-corrected chi connectivity index (χ0v) is 16.2. The Hall–Kier alpha value is -2.08. The average molecular weight is 370 g/mol. The minimum absolute atomic E-state index is 0.0131. The van der Waals surface area contributed by atoms with E-state index in [1.54, 1.807) is 4.90 Å². The summed E-state index contributed by atoms with van der Waals surface area (Å²) in [4.78, 5) is 29.4. The molecule has 2 heterocycles. The number of nitrogens with zero attached hydrogens (tertiary/aromatic N) is 2. The number of urea groups is 1. The lowest BCUT2D eigenvalue weighted by atomic mass is 10.1. The summed E-state index contributed by atoms with van der Waals surface area (Å²) in [6.45, 7) is 4.26. The molecule has 2 N–H and O–H groups in total. The van der Waals surface area contributed by atoms with E-state index >= 15 is 0 Å². The number of anilines is 2. The van der Waals surface area contributed by atoms with Crippen molar-refractivity contribution in [1.29, 1.82) is 0 Å². The zero-order chi connectivity index (χ0) is 18.8. The molecule has 2 aliphatic heterocycles. The minimum atomic E-state index is -0.0667. The lowest BCUT2D eigenvalue weighted by Gasteiger charge is -2.29. The Labute approximate surface area is 161 Å². The van der Waals surface area contributed by atoms with Crippen LogP contribution in [-0.2, 0) is 11.2 Å². The number of fused-ring (bicyclic) bond motifs is 1. The van der Waals surface area contributed by atoms with Crippen molar-refractivity contribution in [3.05, 3.63) is 23.8 Å². The summed E-state index contributed by atoms with van der Waals surface area (Å²) in [7, 11) is 0. The SMILES string of the molecule is CCNC(=O)N1CCc2ccc(NC(=O)[C@H]3CCCN3C3CCCC3)cc21. The summed E-state index contributed by atoms with van der Waals surface area (Å²) >= 11 is 0. The molecule has 0 aromatic heterocycles. The van der Waals surface area contributed by atoms with Crippen molar-refractivity contribution in [2.75, 3.05) is 29.9 Å². The van der Waals surface area contributed by atoms with E-state index in [0.29, 0.717) is 19.1 Å². The van der Waals surface area contributed by atoms with Crippen molar-refractivity contribution >= 4 is 23.3 Å². The number of benzene rings is 1. The highest BCUT2D eigenvalue weighted by molar-refractivity contribution is 5.98. The molecule has 2 fully saturated rings. The summed E-state index contributed by atoms with van der Waals surface area (Å²) in [5, 5.41) is 5.98. The van der Waals surface area contributed by atoms with Crippen molar-refractivity contribution in [2.24, 2.45) is 0 Å². The Balaban J connectivity index is 1.46. The second kappa shape index (κ2) is 7.89. The van der Waals surface area contributed by atoms with Crippen molar-refractivity contribution in [3.63, 3.8) is 0 Å². The molecule has 0 spiro atoms. The van der Waals surface area contributed by atoms with Crippen LogP contribution < -0.4 is 15.5 Å². The van der Waals surface area contributed by atoms with E-state index in [4.69, 9.17) is 0 Å². The van der Waals surface area contributed by atoms with Gasteiger partial charge in [-0.25, -0.2) is 4.79 Å². The van der Waals surface area contributed by atoms with Crippen molar-refractivity contribution < 1.29 is 9.59 Å². The molecule has 1 saturated heterocycles. The number of rotatable bonds is 4. The normalized spacial score (nSPS) is 22.9. The maximum Gasteiger partial charge on any atom is 0.321 e. The molecule has 1 aromatic rings. The number of hydrogen-bond acceptors (Lipinski definition) is 3. The number of nitrogens with one attached hydrogen (secondary N) is 2. The molecule has 146 valence electrons. The summed E-state index contributed by atoms with van der Waals surface area (Å²) in [6.07, 6.45) is 7.93. The van der Waals surface area contributed by atoms with Gasteiger partial charge >= 0.3 is 6.03 Å². The Kier molecular flexibility index (Phi) is 5.34. The smallest absolute Gasteiger partial charge is 0.321 e. The number of likely N-dealkylation sites (tertiary alicyclic amines) is 1. The van der Waals surface area contributed by atoms with Crippen molar-refractivity contribution in [2.45, 2.75) is 64.0 Å². The summed E-state index contributed by atoms with van der Waals surface area (Å²) in [5.74, 6) is 0.0990. The van der Waals surface area contributed by atoms with Gasteiger partial charge in [0.25, 0.3) is 0 Å². The first-order chi connectivity index (χ1) is 13.2. The van der Waals surface area contributed by atoms with E-state index in [9.17, 15) is 9.59 Å². The van der Waals surface area contributed by atoms with Gasteiger partial charge < -0.3 is 10.6 Å². The molecular weight excluding hydrogens is 340 g/mol. The standard InChI is InChI=1S/C21H30N4O2/c1-2-22-21(27)25-13-11-15-9-10-16(14-19(15)25)23-20(26)18-8-5-12-24(18)17-6-3-4-7-17/h9-10,14,17-18H,2-8,11-13H2,1H3,(H,22,27)(H,23,26)/t18-/m1/s1. The van der Waals surface area contributed by atoms with Crippen LogP contribution in [-0.4, -0.2) is 48.6 Å². The van der Waals surface area contributed by atoms with Crippen LogP contribution in [0.2, 0.25) is 0 Å². The molecule has 3 amide bonds. The second-order valence-electron chi connectivity index (χ2n) is 7.90. The van der Waals surface area contributed by atoms with Crippen LogP contribution in [0.25, 0.3) is 0 Å². The molecule has 1 atom stereocenters. The highest BCUT2D eigenvalue weighted by Gasteiger charge is 2.36. The largest absolute Gasteiger partial charge is 0.338 e. The van der Waals surface area contributed by atoms with E-state index < -0.39 is 0 Å². The quantitative estimate of drug-likeness (QED) is 0.856. The molecule has 6 nitrogen and oxygen atoms in total. The van der Waals surface area contributed by atoms with Crippen molar-refractivity contribution in [3.8, 4) is 0 Å². The van der Waals surface area contributed by atoms with E-state index in [1.165, 1.54) is 25.7 Å². The number of carbonyl (C=O) groups excluding carboxylic acids is 2. The molecule has 1 aliphatic carbocycles. The molecule has 3 aliphatic rings. The molecule has 0 unspecified atom stereocenters. The fourth-order valence-corrected chi connectivity index (χ4v) is 4.88. The third-order valence-electron chi connectivity index (χ3n) is 6.21. The number of hydrogen-bond donors (Lipinski definition) is 2.